The largest absolute Gasteiger partial charge is 0.476 e. The van der Waals surface area contributed by atoms with Crippen LogP contribution in [-0.2, 0) is 9.53 Å². The Kier molecular flexibility index (Phi) is 17.7. The Bertz CT molecular complexity index is 613. The monoisotopic (exact) mass is 487 g/mol. The predicted octanol–water partition coefficient (Wildman–Crippen LogP) is 8.96. The average Bonchev–Trinajstić information content (AvgIpc) is 2.77. The van der Waals surface area contributed by atoms with Crippen LogP contribution in [0.25, 0.3) is 0 Å². The molecule has 0 saturated carbocycles. The molecule has 0 bridgehead atoms. The van der Waals surface area contributed by atoms with E-state index in [4.69, 9.17) is 32.7 Å². The van der Waals surface area contributed by atoms with Gasteiger partial charge in [0.1, 0.15) is 5.15 Å². The smallest absolute Gasteiger partial charge is 0.347 e. The Morgan fingerprint density at radius 2 is 1.28 bits per heavy atom. The van der Waals surface area contributed by atoms with Crippen molar-refractivity contribution in [3.8, 4) is 5.75 Å². The van der Waals surface area contributed by atoms with Crippen molar-refractivity contribution in [3.63, 3.8) is 0 Å². The predicted molar refractivity (Wildman–Crippen MR) is 135 cm³/mol. The number of nitrogens with zero attached hydrogens (tertiary/aromatic N) is 1. The van der Waals surface area contributed by atoms with Crippen LogP contribution in [0.5, 0.6) is 5.75 Å². The lowest BCUT2D eigenvalue weighted by Crippen LogP contribution is -2.26. The highest BCUT2D eigenvalue weighted by Gasteiger charge is 2.18. The molecule has 1 atom stereocenters. The lowest BCUT2D eigenvalue weighted by Gasteiger charge is -2.14. The van der Waals surface area contributed by atoms with E-state index >= 15 is 0 Å². The number of unbranched alkanes of at least 4 members (excludes halogenated alkanes) is 15. The number of hydrogen-bond donors (Lipinski definition) is 0. The van der Waals surface area contributed by atoms with E-state index in [0.29, 0.717) is 12.4 Å². The lowest BCUT2D eigenvalue weighted by atomic mass is 10.0. The molecule has 0 N–H and O–H groups in total. The highest BCUT2D eigenvalue weighted by atomic mass is 35.5. The summed E-state index contributed by atoms with van der Waals surface area (Å²) in [6, 6.07) is 3.16. The van der Waals surface area contributed by atoms with Gasteiger partial charge in [0.2, 0.25) is 0 Å². The minimum atomic E-state index is -0.739. The van der Waals surface area contributed by atoms with Gasteiger partial charge in [-0.15, -0.1) is 0 Å². The molecule has 1 aromatic rings. The van der Waals surface area contributed by atoms with Crippen LogP contribution in [0.4, 0.5) is 0 Å². The van der Waals surface area contributed by atoms with Crippen molar-refractivity contribution in [3.05, 3.63) is 22.4 Å². The molecule has 0 aliphatic carbocycles. The second kappa shape index (κ2) is 19.5. The molecule has 1 aromatic heterocycles. The summed E-state index contributed by atoms with van der Waals surface area (Å²) in [4.78, 5) is 15.9. The summed E-state index contributed by atoms with van der Waals surface area (Å²) in [5.41, 5.74) is 0. The van der Waals surface area contributed by atoms with Gasteiger partial charge in [0.25, 0.3) is 0 Å². The topological polar surface area (TPSA) is 48.4 Å². The van der Waals surface area contributed by atoms with Crippen molar-refractivity contribution in [2.75, 3.05) is 6.61 Å². The molecule has 0 saturated heterocycles. The minimum absolute atomic E-state index is 0.134. The maximum atomic E-state index is 12.0. The second-order valence-corrected chi connectivity index (χ2v) is 9.40. The molecule has 1 heterocycles. The van der Waals surface area contributed by atoms with Crippen molar-refractivity contribution in [1.29, 1.82) is 0 Å². The quantitative estimate of drug-likeness (QED) is 0.104. The fraction of sp³-hybridized carbons (Fsp3) is 0.769. The Hall–Kier alpha value is -1.00. The number of rotatable bonds is 20. The van der Waals surface area contributed by atoms with E-state index in [-0.39, 0.29) is 10.3 Å². The molecule has 6 heteroatoms. The molecule has 0 fully saturated rings. The molecule has 1 rings (SSSR count). The minimum Gasteiger partial charge on any atom is -0.476 e. The maximum Gasteiger partial charge on any atom is 0.347 e. The Labute approximate surface area is 205 Å². The number of pyridine rings is 1. The third-order valence-corrected chi connectivity index (χ3v) is 6.14. The van der Waals surface area contributed by atoms with E-state index < -0.39 is 12.1 Å². The van der Waals surface area contributed by atoms with E-state index in [1.54, 1.807) is 19.1 Å². The van der Waals surface area contributed by atoms with Crippen LogP contribution >= 0.6 is 23.2 Å². The van der Waals surface area contributed by atoms with E-state index in [2.05, 4.69) is 11.9 Å². The molecule has 0 aliphatic heterocycles. The van der Waals surface area contributed by atoms with Gasteiger partial charge in [-0.1, -0.05) is 126 Å². The highest BCUT2D eigenvalue weighted by Crippen LogP contribution is 2.25. The first-order valence-electron chi connectivity index (χ1n) is 12.7. The van der Waals surface area contributed by atoms with E-state index in [0.717, 1.165) is 12.8 Å². The molecule has 32 heavy (non-hydrogen) atoms. The van der Waals surface area contributed by atoms with Gasteiger partial charge in [-0.05, 0) is 25.5 Å². The number of esters is 1. The van der Waals surface area contributed by atoms with Crippen molar-refractivity contribution in [1.82, 2.24) is 4.98 Å². The molecular formula is C26H43Cl2NO3. The Balaban J connectivity index is 1.88. The molecule has 0 aliphatic rings. The average molecular weight is 489 g/mol. The van der Waals surface area contributed by atoms with Gasteiger partial charge in [-0.2, -0.15) is 0 Å². The summed E-state index contributed by atoms with van der Waals surface area (Å²) < 4.78 is 10.8. The van der Waals surface area contributed by atoms with Crippen LogP contribution in [0.15, 0.2) is 12.1 Å². The summed E-state index contributed by atoms with van der Waals surface area (Å²) in [6.07, 6.45) is 20.4. The van der Waals surface area contributed by atoms with Crippen LogP contribution in [0, 0.1) is 0 Å². The number of carbonyl (C=O) groups excluding carboxylic acids is 1. The first-order valence-corrected chi connectivity index (χ1v) is 13.5. The number of ether oxygens (including phenoxy) is 2. The van der Waals surface area contributed by atoms with Gasteiger partial charge in [0, 0.05) is 0 Å². The van der Waals surface area contributed by atoms with Crippen molar-refractivity contribution >= 4 is 29.2 Å². The number of aromatic nitrogens is 1. The molecule has 0 aromatic carbocycles. The van der Waals surface area contributed by atoms with Crippen molar-refractivity contribution < 1.29 is 14.3 Å². The van der Waals surface area contributed by atoms with Gasteiger partial charge in [0.15, 0.2) is 17.0 Å². The van der Waals surface area contributed by atoms with Crippen molar-refractivity contribution in [2.24, 2.45) is 0 Å². The first kappa shape index (κ1) is 29.0. The summed E-state index contributed by atoms with van der Waals surface area (Å²) in [7, 11) is 0. The van der Waals surface area contributed by atoms with Crippen LogP contribution in [0.2, 0.25) is 10.3 Å². The second-order valence-electron chi connectivity index (χ2n) is 8.65. The zero-order chi connectivity index (χ0) is 23.4. The fourth-order valence-corrected chi connectivity index (χ4v) is 4.06. The standard InChI is InChI=1S/C26H43Cl2NO3/c1-3-4-5-6-7-8-9-10-11-12-13-14-15-16-17-18-21-31-26(30)22(2)32-23-19-20-24(27)29-25(23)28/h19-20,22H,3-18,21H2,1-2H3. The van der Waals surface area contributed by atoms with Gasteiger partial charge in [-0.25, -0.2) is 9.78 Å². The van der Waals surface area contributed by atoms with Crippen LogP contribution < -0.4 is 4.74 Å². The van der Waals surface area contributed by atoms with Gasteiger partial charge >= 0.3 is 5.97 Å². The van der Waals surface area contributed by atoms with Crippen LogP contribution in [0.3, 0.4) is 0 Å². The molecule has 0 amide bonds. The third-order valence-electron chi connectivity index (χ3n) is 5.66. The molecule has 0 spiro atoms. The van der Waals surface area contributed by atoms with Gasteiger partial charge in [-0.3, -0.25) is 0 Å². The van der Waals surface area contributed by atoms with E-state index in [9.17, 15) is 4.79 Å². The SMILES string of the molecule is CCCCCCCCCCCCCCCCCCOC(=O)C(C)Oc1ccc(Cl)nc1Cl. The maximum absolute atomic E-state index is 12.0. The highest BCUT2D eigenvalue weighted by molar-refractivity contribution is 6.33. The Morgan fingerprint density at radius 3 is 1.75 bits per heavy atom. The number of halogens is 2. The third kappa shape index (κ3) is 14.9. The Morgan fingerprint density at radius 1 is 0.812 bits per heavy atom. The van der Waals surface area contributed by atoms with Crippen LogP contribution in [0.1, 0.15) is 117 Å². The number of hydrogen-bond acceptors (Lipinski definition) is 4. The lowest BCUT2D eigenvalue weighted by molar-refractivity contribution is -0.151. The first-order chi connectivity index (χ1) is 15.5. The molecule has 4 nitrogen and oxygen atoms in total. The number of carbonyl (C=O) groups is 1. The van der Waals surface area contributed by atoms with Gasteiger partial charge < -0.3 is 9.47 Å². The van der Waals surface area contributed by atoms with E-state index in [1.165, 1.54) is 89.9 Å². The molecular weight excluding hydrogens is 445 g/mol. The zero-order valence-corrected chi connectivity index (χ0v) is 21.7. The summed E-state index contributed by atoms with van der Waals surface area (Å²) >= 11 is 11.7. The molecule has 1 unspecified atom stereocenters. The summed E-state index contributed by atoms with van der Waals surface area (Å²) in [5.74, 6) is -0.0695. The summed E-state index contributed by atoms with van der Waals surface area (Å²) in [5, 5.41) is 0.413. The zero-order valence-electron chi connectivity index (χ0n) is 20.2. The van der Waals surface area contributed by atoms with E-state index in [1.807, 2.05) is 0 Å². The fourth-order valence-electron chi connectivity index (χ4n) is 3.67. The molecule has 184 valence electrons. The summed E-state index contributed by atoms with van der Waals surface area (Å²) in [6.45, 7) is 4.34. The van der Waals surface area contributed by atoms with Crippen LogP contribution in [-0.4, -0.2) is 23.7 Å². The van der Waals surface area contributed by atoms with Gasteiger partial charge in [0.05, 0.1) is 6.61 Å². The molecule has 0 radical (unpaired) electrons. The normalized spacial score (nSPS) is 12.0. The van der Waals surface area contributed by atoms with Crippen molar-refractivity contribution in [2.45, 2.75) is 123 Å².